The summed E-state index contributed by atoms with van der Waals surface area (Å²) in [6.45, 7) is 1.86. The predicted octanol–water partition coefficient (Wildman–Crippen LogP) is 0.542. The number of nitrogens with two attached hydrogens (primary N) is 1. The molecule has 7 nitrogen and oxygen atoms in total. The number of hydrogen-bond donors (Lipinski definition) is 3. The van der Waals surface area contributed by atoms with E-state index < -0.39 is 6.04 Å². The lowest BCUT2D eigenvalue weighted by atomic mass is 10.1. The minimum atomic E-state index is -0.501. The van der Waals surface area contributed by atoms with E-state index >= 15 is 0 Å². The Balaban J connectivity index is 2.16. The second kappa shape index (κ2) is 5.37. The van der Waals surface area contributed by atoms with Crippen LogP contribution in [0.2, 0.25) is 0 Å². The molecule has 0 unspecified atom stereocenters. The third-order valence-electron chi connectivity index (χ3n) is 2.51. The highest BCUT2D eigenvalue weighted by molar-refractivity contribution is 5.95. The maximum Gasteiger partial charge on any atom is 0.241 e. The lowest BCUT2D eigenvalue weighted by Gasteiger charge is -2.10. The summed E-state index contributed by atoms with van der Waals surface area (Å²) in [5, 5.41) is 16.4. The Morgan fingerprint density at radius 2 is 2.39 bits per heavy atom. The topological polar surface area (TPSA) is 110 Å². The number of nitrogens with zero attached hydrogens (tertiary/aromatic N) is 3. The van der Waals surface area contributed by atoms with Gasteiger partial charge in [-0.05, 0) is 23.8 Å². The van der Waals surface area contributed by atoms with Crippen molar-refractivity contribution in [1.29, 1.82) is 0 Å². The van der Waals surface area contributed by atoms with Crippen LogP contribution < -0.4 is 11.1 Å². The van der Waals surface area contributed by atoms with Crippen LogP contribution in [-0.4, -0.2) is 32.6 Å². The molecule has 0 saturated heterocycles. The summed E-state index contributed by atoms with van der Waals surface area (Å²) in [6, 6.07) is 6.69. The molecular formula is C11H14N6O. The lowest BCUT2D eigenvalue weighted by molar-refractivity contribution is -0.117. The molecule has 18 heavy (non-hydrogen) atoms. The highest BCUT2D eigenvalue weighted by Gasteiger charge is 2.11. The molecule has 1 heterocycles. The number of carbonyl (C=O) groups excluding carboxylic acids is 1. The van der Waals surface area contributed by atoms with E-state index in [2.05, 4.69) is 25.9 Å². The van der Waals surface area contributed by atoms with Crippen molar-refractivity contribution < 1.29 is 4.79 Å². The summed E-state index contributed by atoms with van der Waals surface area (Å²) in [4.78, 5) is 11.7. The van der Waals surface area contributed by atoms with Gasteiger partial charge in [-0.15, -0.1) is 10.2 Å². The number of tetrazole rings is 1. The predicted molar refractivity (Wildman–Crippen MR) is 66.5 cm³/mol. The fourth-order valence-electron chi connectivity index (χ4n) is 1.44. The third kappa shape index (κ3) is 2.69. The number of hydrogen-bond acceptors (Lipinski definition) is 5. The van der Waals surface area contributed by atoms with Gasteiger partial charge in [-0.1, -0.05) is 19.1 Å². The van der Waals surface area contributed by atoms with E-state index in [0.29, 0.717) is 17.9 Å². The van der Waals surface area contributed by atoms with Crippen molar-refractivity contribution in [1.82, 2.24) is 20.6 Å². The summed E-state index contributed by atoms with van der Waals surface area (Å²) in [5.74, 6) is 0.272. The first-order valence-corrected chi connectivity index (χ1v) is 5.61. The number of aromatic amines is 1. The SMILES string of the molecule is CC[C@H](N)C(=O)Nc1cccc(-c2nn[nH]n2)c1. The summed E-state index contributed by atoms with van der Waals surface area (Å²) < 4.78 is 0. The van der Waals surface area contributed by atoms with Crippen molar-refractivity contribution in [2.24, 2.45) is 5.73 Å². The van der Waals surface area contributed by atoms with Gasteiger partial charge in [0.15, 0.2) is 0 Å². The van der Waals surface area contributed by atoms with Crippen LogP contribution in [0.15, 0.2) is 24.3 Å². The maximum absolute atomic E-state index is 11.7. The van der Waals surface area contributed by atoms with Crippen LogP contribution in [0.4, 0.5) is 5.69 Å². The maximum atomic E-state index is 11.7. The summed E-state index contributed by atoms with van der Waals surface area (Å²) in [5.41, 5.74) is 7.07. The van der Waals surface area contributed by atoms with E-state index in [1.54, 1.807) is 18.2 Å². The molecule has 0 spiro atoms. The van der Waals surface area contributed by atoms with Crippen molar-refractivity contribution in [3.8, 4) is 11.4 Å². The fraction of sp³-hybridized carbons (Fsp3) is 0.273. The number of rotatable bonds is 4. The molecule has 7 heteroatoms. The van der Waals surface area contributed by atoms with E-state index in [-0.39, 0.29) is 5.91 Å². The number of amides is 1. The number of nitrogens with one attached hydrogen (secondary N) is 2. The van der Waals surface area contributed by atoms with E-state index in [9.17, 15) is 4.79 Å². The second-order valence-electron chi connectivity index (χ2n) is 3.82. The average molecular weight is 246 g/mol. The Morgan fingerprint density at radius 3 is 3.06 bits per heavy atom. The van der Waals surface area contributed by atoms with Crippen LogP contribution >= 0.6 is 0 Å². The quantitative estimate of drug-likeness (QED) is 0.729. The molecule has 2 aromatic rings. The van der Waals surface area contributed by atoms with E-state index in [1.807, 2.05) is 13.0 Å². The molecule has 1 aromatic heterocycles. The van der Waals surface area contributed by atoms with Crippen molar-refractivity contribution >= 4 is 11.6 Å². The molecular weight excluding hydrogens is 232 g/mol. The van der Waals surface area contributed by atoms with Crippen LogP contribution in [0.1, 0.15) is 13.3 Å². The highest BCUT2D eigenvalue weighted by atomic mass is 16.2. The highest BCUT2D eigenvalue weighted by Crippen LogP contribution is 2.18. The van der Waals surface area contributed by atoms with Crippen LogP contribution in [-0.2, 0) is 4.79 Å². The first kappa shape index (κ1) is 12.2. The molecule has 1 aromatic carbocycles. The van der Waals surface area contributed by atoms with E-state index in [1.165, 1.54) is 0 Å². The van der Waals surface area contributed by atoms with Gasteiger partial charge in [-0.25, -0.2) is 0 Å². The Labute approximate surface area is 104 Å². The van der Waals surface area contributed by atoms with Crippen LogP contribution in [0.25, 0.3) is 11.4 Å². The van der Waals surface area contributed by atoms with Gasteiger partial charge in [0.1, 0.15) is 0 Å². The summed E-state index contributed by atoms with van der Waals surface area (Å²) >= 11 is 0. The molecule has 1 amide bonds. The lowest BCUT2D eigenvalue weighted by Crippen LogP contribution is -2.34. The van der Waals surface area contributed by atoms with E-state index in [0.717, 1.165) is 5.56 Å². The molecule has 1 atom stereocenters. The van der Waals surface area contributed by atoms with Gasteiger partial charge >= 0.3 is 0 Å². The Kier molecular flexibility index (Phi) is 3.63. The van der Waals surface area contributed by atoms with Gasteiger partial charge < -0.3 is 11.1 Å². The van der Waals surface area contributed by atoms with Crippen molar-refractivity contribution in [3.05, 3.63) is 24.3 Å². The Hall–Kier alpha value is -2.28. The number of H-pyrrole nitrogens is 1. The first-order chi connectivity index (χ1) is 8.70. The molecule has 2 rings (SSSR count). The van der Waals surface area contributed by atoms with E-state index in [4.69, 9.17) is 5.73 Å². The molecule has 0 fully saturated rings. The summed E-state index contributed by atoms with van der Waals surface area (Å²) in [7, 11) is 0. The molecule has 0 bridgehead atoms. The third-order valence-corrected chi connectivity index (χ3v) is 2.51. The smallest absolute Gasteiger partial charge is 0.241 e. The largest absolute Gasteiger partial charge is 0.325 e. The van der Waals surface area contributed by atoms with Crippen molar-refractivity contribution in [3.63, 3.8) is 0 Å². The van der Waals surface area contributed by atoms with Gasteiger partial charge in [-0.2, -0.15) is 5.21 Å². The molecule has 0 aliphatic carbocycles. The normalized spacial score (nSPS) is 12.1. The minimum absolute atomic E-state index is 0.206. The Bertz CT molecular complexity index is 524. The van der Waals surface area contributed by atoms with Gasteiger partial charge in [0.2, 0.25) is 11.7 Å². The fourth-order valence-corrected chi connectivity index (χ4v) is 1.44. The monoisotopic (exact) mass is 246 g/mol. The number of carbonyl (C=O) groups is 1. The standard InChI is InChI=1S/C11H14N6O/c1-2-9(12)11(18)13-8-5-3-4-7(6-8)10-14-16-17-15-10/h3-6,9H,2,12H2,1H3,(H,13,18)(H,14,15,16,17)/t9-/m0/s1. The van der Waals surface area contributed by atoms with Gasteiger partial charge in [-0.3, -0.25) is 4.79 Å². The average Bonchev–Trinajstić information content (AvgIpc) is 2.92. The molecule has 0 aliphatic rings. The molecule has 0 radical (unpaired) electrons. The molecule has 0 saturated carbocycles. The number of benzene rings is 1. The number of aromatic nitrogens is 4. The molecule has 94 valence electrons. The Morgan fingerprint density at radius 1 is 1.56 bits per heavy atom. The minimum Gasteiger partial charge on any atom is -0.325 e. The van der Waals surface area contributed by atoms with Crippen molar-refractivity contribution in [2.75, 3.05) is 5.32 Å². The van der Waals surface area contributed by atoms with Gasteiger partial charge in [0, 0.05) is 11.3 Å². The van der Waals surface area contributed by atoms with Gasteiger partial charge in [0.05, 0.1) is 6.04 Å². The first-order valence-electron chi connectivity index (χ1n) is 5.61. The zero-order chi connectivity index (χ0) is 13.0. The zero-order valence-electron chi connectivity index (χ0n) is 9.92. The second-order valence-corrected chi connectivity index (χ2v) is 3.82. The van der Waals surface area contributed by atoms with Crippen molar-refractivity contribution in [2.45, 2.75) is 19.4 Å². The van der Waals surface area contributed by atoms with Crippen LogP contribution in [0, 0.1) is 0 Å². The van der Waals surface area contributed by atoms with Gasteiger partial charge in [0.25, 0.3) is 0 Å². The zero-order valence-corrected chi connectivity index (χ0v) is 9.92. The van der Waals surface area contributed by atoms with Crippen LogP contribution in [0.3, 0.4) is 0 Å². The molecule has 4 N–H and O–H groups in total. The number of anilines is 1. The summed E-state index contributed by atoms with van der Waals surface area (Å²) in [6.07, 6.45) is 0.594. The molecule has 0 aliphatic heterocycles. The van der Waals surface area contributed by atoms with Crippen LogP contribution in [0.5, 0.6) is 0 Å².